The number of ether oxygens (including phenoxy) is 3. The van der Waals surface area contributed by atoms with E-state index in [2.05, 4.69) is 4.98 Å². The van der Waals surface area contributed by atoms with Crippen LogP contribution in [-0.4, -0.2) is 36.3 Å². The number of aromatic nitrogens is 2. The predicted octanol–water partition coefficient (Wildman–Crippen LogP) is 2.91. The highest BCUT2D eigenvalue weighted by molar-refractivity contribution is 5.74. The quantitative estimate of drug-likeness (QED) is 0.453. The first-order valence-corrected chi connectivity index (χ1v) is 9.17. The SMILES string of the molecule is COc1cccc(CCC(=O)OCCCn2c(=O)[nH]c3ccccc32)c1OC. The molecule has 148 valence electrons. The minimum Gasteiger partial charge on any atom is -0.493 e. The van der Waals surface area contributed by atoms with Crippen LogP contribution in [0, 0.1) is 0 Å². The second-order valence-corrected chi connectivity index (χ2v) is 6.33. The van der Waals surface area contributed by atoms with Crippen molar-refractivity contribution in [2.45, 2.75) is 25.8 Å². The maximum absolute atomic E-state index is 12.0. The molecule has 7 nitrogen and oxygen atoms in total. The lowest BCUT2D eigenvalue weighted by Gasteiger charge is -2.12. The molecule has 0 saturated carbocycles. The van der Waals surface area contributed by atoms with Crippen LogP contribution < -0.4 is 15.2 Å². The van der Waals surface area contributed by atoms with Crippen molar-refractivity contribution < 1.29 is 19.0 Å². The first kappa shape index (κ1) is 19.5. The summed E-state index contributed by atoms with van der Waals surface area (Å²) in [6.45, 7) is 0.750. The smallest absolute Gasteiger partial charge is 0.326 e. The molecule has 1 aromatic heterocycles. The molecular weight excluding hydrogens is 360 g/mol. The maximum Gasteiger partial charge on any atom is 0.326 e. The fourth-order valence-corrected chi connectivity index (χ4v) is 3.20. The van der Waals surface area contributed by atoms with E-state index >= 15 is 0 Å². The van der Waals surface area contributed by atoms with E-state index in [1.165, 1.54) is 0 Å². The summed E-state index contributed by atoms with van der Waals surface area (Å²) in [5.41, 5.74) is 2.39. The Kier molecular flexibility index (Phi) is 6.37. The predicted molar refractivity (Wildman–Crippen MR) is 106 cm³/mol. The van der Waals surface area contributed by atoms with E-state index in [0.29, 0.717) is 30.9 Å². The van der Waals surface area contributed by atoms with Gasteiger partial charge in [-0.2, -0.15) is 0 Å². The van der Waals surface area contributed by atoms with E-state index in [1.54, 1.807) is 18.8 Å². The number of aryl methyl sites for hydroxylation is 2. The van der Waals surface area contributed by atoms with Gasteiger partial charge in [-0.25, -0.2) is 4.79 Å². The molecule has 0 atom stereocenters. The fourth-order valence-electron chi connectivity index (χ4n) is 3.20. The number of hydrogen-bond donors (Lipinski definition) is 1. The molecular formula is C21H24N2O5. The summed E-state index contributed by atoms with van der Waals surface area (Å²) in [7, 11) is 3.15. The van der Waals surface area contributed by atoms with Crippen LogP contribution in [0.5, 0.6) is 11.5 Å². The van der Waals surface area contributed by atoms with Crippen molar-refractivity contribution in [1.82, 2.24) is 9.55 Å². The molecule has 1 heterocycles. The molecule has 7 heteroatoms. The number of carbonyl (C=O) groups excluding carboxylic acids is 1. The highest BCUT2D eigenvalue weighted by Crippen LogP contribution is 2.31. The Hall–Kier alpha value is -3.22. The van der Waals surface area contributed by atoms with Gasteiger partial charge in [0.25, 0.3) is 0 Å². The van der Waals surface area contributed by atoms with Gasteiger partial charge in [0.15, 0.2) is 11.5 Å². The summed E-state index contributed by atoms with van der Waals surface area (Å²) in [5.74, 6) is 0.991. The van der Waals surface area contributed by atoms with E-state index in [1.807, 2.05) is 42.5 Å². The number of methoxy groups -OCH3 is 2. The Morgan fingerprint density at radius 1 is 1.07 bits per heavy atom. The molecule has 0 bridgehead atoms. The minimum absolute atomic E-state index is 0.155. The van der Waals surface area contributed by atoms with Crippen LogP contribution in [0.1, 0.15) is 18.4 Å². The third-order valence-electron chi connectivity index (χ3n) is 4.55. The number of esters is 1. The Balaban J connectivity index is 1.48. The molecule has 0 aliphatic rings. The van der Waals surface area contributed by atoms with Gasteiger partial charge in [0.05, 0.1) is 31.9 Å². The number of hydrogen-bond acceptors (Lipinski definition) is 5. The number of carbonyl (C=O) groups is 1. The monoisotopic (exact) mass is 384 g/mol. The van der Waals surface area contributed by atoms with E-state index in [0.717, 1.165) is 16.6 Å². The van der Waals surface area contributed by atoms with Crippen molar-refractivity contribution in [3.8, 4) is 11.5 Å². The van der Waals surface area contributed by atoms with Crippen molar-refractivity contribution in [2.75, 3.05) is 20.8 Å². The fraction of sp³-hybridized carbons (Fsp3) is 0.333. The van der Waals surface area contributed by atoms with Crippen LogP contribution in [0.4, 0.5) is 0 Å². The number of para-hydroxylation sites is 3. The zero-order valence-electron chi connectivity index (χ0n) is 16.1. The van der Waals surface area contributed by atoms with Crippen molar-refractivity contribution in [3.63, 3.8) is 0 Å². The number of H-pyrrole nitrogens is 1. The summed E-state index contributed by atoms with van der Waals surface area (Å²) >= 11 is 0. The van der Waals surface area contributed by atoms with Gasteiger partial charge in [0.1, 0.15) is 0 Å². The van der Waals surface area contributed by atoms with Crippen LogP contribution >= 0.6 is 0 Å². The van der Waals surface area contributed by atoms with Crippen molar-refractivity contribution in [2.24, 2.45) is 0 Å². The van der Waals surface area contributed by atoms with Crippen molar-refractivity contribution in [1.29, 1.82) is 0 Å². The zero-order chi connectivity index (χ0) is 19.9. The highest BCUT2D eigenvalue weighted by Gasteiger charge is 2.12. The van der Waals surface area contributed by atoms with E-state index in [9.17, 15) is 9.59 Å². The van der Waals surface area contributed by atoms with Gasteiger partial charge < -0.3 is 19.2 Å². The van der Waals surface area contributed by atoms with Gasteiger partial charge in [-0.1, -0.05) is 24.3 Å². The Morgan fingerprint density at radius 3 is 2.68 bits per heavy atom. The van der Waals surface area contributed by atoms with Gasteiger partial charge in [0, 0.05) is 13.0 Å². The van der Waals surface area contributed by atoms with Crippen molar-refractivity contribution >= 4 is 17.0 Å². The summed E-state index contributed by atoms with van der Waals surface area (Å²) in [4.78, 5) is 26.9. The van der Waals surface area contributed by atoms with Gasteiger partial charge in [0.2, 0.25) is 0 Å². The molecule has 3 rings (SSSR count). The Labute approximate surface area is 162 Å². The molecule has 28 heavy (non-hydrogen) atoms. The molecule has 2 aromatic carbocycles. The van der Waals surface area contributed by atoms with Crippen LogP contribution in [0.3, 0.4) is 0 Å². The molecule has 0 aliphatic heterocycles. The van der Waals surface area contributed by atoms with Gasteiger partial charge in [-0.15, -0.1) is 0 Å². The maximum atomic E-state index is 12.0. The first-order valence-electron chi connectivity index (χ1n) is 9.17. The standard InChI is InChI=1S/C21H24N2O5/c1-26-18-10-5-7-15(20(18)27-2)11-12-19(24)28-14-6-13-23-17-9-4-3-8-16(17)22-21(23)25/h3-5,7-10H,6,11-14H2,1-2H3,(H,22,25). The number of nitrogens with one attached hydrogen (secondary N) is 1. The molecule has 0 saturated heterocycles. The molecule has 0 amide bonds. The Bertz CT molecular complexity index is 1010. The number of imidazole rings is 1. The average Bonchev–Trinajstić information content (AvgIpc) is 3.04. The molecule has 0 fully saturated rings. The largest absolute Gasteiger partial charge is 0.493 e. The third-order valence-corrected chi connectivity index (χ3v) is 4.55. The number of rotatable bonds is 9. The van der Waals surface area contributed by atoms with Crippen LogP contribution in [0.25, 0.3) is 11.0 Å². The van der Waals surface area contributed by atoms with Crippen LogP contribution in [-0.2, 0) is 22.5 Å². The van der Waals surface area contributed by atoms with Gasteiger partial charge in [-0.05, 0) is 36.6 Å². The van der Waals surface area contributed by atoms with E-state index in [4.69, 9.17) is 14.2 Å². The molecule has 0 radical (unpaired) electrons. The minimum atomic E-state index is -0.281. The summed E-state index contributed by atoms with van der Waals surface area (Å²) in [6, 6.07) is 13.1. The molecule has 0 aliphatic carbocycles. The third kappa shape index (κ3) is 4.36. The van der Waals surface area contributed by atoms with Gasteiger partial charge in [-0.3, -0.25) is 9.36 Å². The molecule has 3 aromatic rings. The summed E-state index contributed by atoms with van der Waals surface area (Å²) < 4.78 is 17.6. The zero-order valence-corrected chi connectivity index (χ0v) is 16.1. The molecule has 0 spiro atoms. The second kappa shape index (κ2) is 9.12. The van der Waals surface area contributed by atoms with E-state index < -0.39 is 0 Å². The van der Waals surface area contributed by atoms with E-state index in [-0.39, 0.29) is 24.7 Å². The number of aromatic amines is 1. The first-order chi connectivity index (χ1) is 13.6. The highest BCUT2D eigenvalue weighted by atomic mass is 16.5. The number of nitrogens with zero attached hydrogens (tertiary/aromatic N) is 1. The second-order valence-electron chi connectivity index (χ2n) is 6.33. The lowest BCUT2D eigenvalue weighted by atomic mass is 10.1. The average molecular weight is 384 g/mol. The number of fused-ring (bicyclic) bond motifs is 1. The Morgan fingerprint density at radius 2 is 1.89 bits per heavy atom. The van der Waals surface area contributed by atoms with Crippen molar-refractivity contribution in [3.05, 3.63) is 58.5 Å². The van der Waals surface area contributed by atoms with Crippen LogP contribution in [0.15, 0.2) is 47.3 Å². The lowest BCUT2D eigenvalue weighted by Crippen LogP contribution is -2.18. The lowest BCUT2D eigenvalue weighted by molar-refractivity contribution is -0.143. The normalized spacial score (nSPS) is 10.8. The summed E-state index contributed by atoms with van der Waals surface area (Å²) in [5, 5.41) is 0. The van der Waals surface area contributed by atoms with Crippen LogP contribution in [0.2, 0.25) is 0 Å². The number of benzene rings is 2. The topological polar surface area (TPSA) is 82.5 Å². The molecule has 0 unspecified atom stereocenters. The van der Waals surface area contributed by atoms with Gasteiger partial charge >= 0.3 is 11.7 Å². The summed E-state index contributed by atoms with van der Waals surface area (Å²) in [6.07, 6.45) is 1.31. The molecule has 1 N–H and O–H groups in total.